The molecule has 0 aliphatic rings. The van der Waals surface area contributed by atoms with Crippen LogP contribution < -0.4 is 0 Å². The van der Waals surface area contributed by atoms with Gasteiger partial charge in [-0.15, -0.1) is 11.3 Å². The number of hydrogen-bond acceptors (Lipinski definition) is 3. The van der Waals surface area contributed by atoms with Crippen LogP contribution in [0.2, 0.25) is 0 Å². The van der Waals surface area contributed by atoms with Gasteiger partial charge in [0, 0.05) is 6.42 Å². The Labute approximate surface area is 110 Å². The Kier molecular flexibility index (Phi) is 3.09. The zero-order valence-electron chi connectivity index (χ0n) is 9.84. The minimum Gasteiger partial charge on any atom is -0.392 e. The minimum atomic E-state index is 0.0852. The Morgan fingerprint density at radius 3 is 2.61 bits per heavy atom. The monoisotopic (exact) mass is 255 g/mol. The first kappa shape index (κ1) is 11.4. The van der Waals surface area contributed by atoms with E-state index in [1.54, 1.807) is 11.3 Å². The summed E-state index contributed by atoms with van der Waals surface area (Å²) in [5.41, 5.74) is 3.24. The number of aliphatic hydroxyl groups excluding tert-OH is 1. The van der Waals surface area contributed by atoms with E-state index >= 15 is 0 Å². The molecule has 3 aromatic rings. The number of nitrogens with zero attached hydrogens (tertiary/aromatic N) is 1. The van der Waals surface area contributed by atoms with E-state index < -0.39 is 0 Å². The summed E-state index contributed by atoms with van der Waals surface area (Å²) in [6.45, 7) is 0.0852. The summed E-state index contributed by atoms with van der Waals surface area (Å²) in [4.78, 5) is 4.62. The van der Waals surface area contributed by atoms with Gasteiger partial charge in [-0.25, -0.2) is 4.98 Å². The predicted molar refractivity (Wildman–Crippen MR) is 74.8 cm³/mol. The fraction of sp³-hybridized carbons (Fsp3) is 0.133. The molecular formula is C15H13NOS. The first-order chi connectivity index (χ1) is 8.85. The lowest BCUT2D eigenvalue weighted by molar-refractivity contribution is 0.282. The Morgan fingerprint density at radius 2 is 1.83 bits per heavy atom. The summed E-state index contributed by atoms with van der Waals surface area (Å²) in [6.07, 6.45) is 0.870. The Balaban J connectivity index is 1.94. The second-order valence-corrected chi connectivity index (χ2v) is 5.35. The molecule has 2 nitrogen and oxygen atoms in total. The lowest BCUT2D eigenvalue weighted by atomic mass is 10.2. The van der Waals surface area contributed by atoms with E-state index in [0.29, 0.717) is 0 Å². The van der Waals surface area contributed by atoms with E-state index in [1.807, 2.05) is 36.4 Å². The highest BCUT2D eigenvalue weighted by Crippen LogP contribution is 2.25. The fourth-order valence-corrected chi connectivity index (χ4v) is 3.03. The van der Waals surface area contributed by atoms with Gasteiger partial charge in [0.05, 0.1) is 21.8 Å². The lowest BCUT2D eigenvalue weighted by Crippen LogP contribution is -1.85. The van der Waals surface area contributed by atoms with Gasteiger partial charge in [0.25, 0.3) is 0 Å². The highest BCUT2D eigenvalue weighted by molar-refractivity contribution is 7.18. The van der Waals surface area contributed by atoms with Gasteiger partial charge in [-0.05, 0) is 23.3 Å². The molecule has 0 bridgehead atoms. The number of thiazole rings is 1. The van der Waals surface area contributed by atoms with Crippen molar-refractivity contribution in [1.29, 1.82) is 0 Å². The van der Waals surface area contributed by atoms with E-state index in [-0.39, 0.29) is 6.61 Å². The maximum atomic E-state index is 9.12. The Morgan fingerprint density at radius 1 is 1.00 bits per heavy atom. The van der Waals surface area contributed by atoms with Crippen LogP contribution in [0.15, 0.2) is 48.5 Å². The molecule has 0 fully saturated rings. The van der Waals surface area contributed by atoms with Crippen LogP contribution in [0.25, 0.3) is 10.2 Å². The van der Waals surface area contributed by atoms with Crippen LogP contribution in [0.3, 0.4) is 0 Å². The van der Waals surface area contributed by atoms with Crippen molar-refractivity contribution in [3.05, 3.63) is 64.7 Å². The second kappa shape index (κ2) is 4.88. The van der Waals surface area contributed by atoms with Crippen LogP contribution in [0.5, 0.6) is 0 Å². The molecule has 0 unspecified atom stereocenters. The van der Waals surface area contributed by atoms with Gasteiger partial charge in [0.1, 0.15) is 0 Å². The first-order valence-corrected chi connectivity index (χ1v) is 6.70. The average Bonchev–Trinajstić information content (AvgIpc) is 2.80. The summed E-state index contributed by atoms with van der Waals surface area (Å²) in [5, 5.41) is 10.2. The second-order valence-electron chi connectivity index (χ2n) is 4.23. The number of aromatic nitrogens is 1. The van der Waals surface area contributed by atoms with E-state index in [1.165, 1.54) is 5.56 Å². The normalized spacial score (nSPS) is 10.9. The third-order valence-corrected chi connectivity index (χ3v) is 3.90. The van der Waals surface area contributed by atoms with Crippen molar-refractivity contribution in [2.45, 2.75) is 13.0 Å². The standard InChI is InChI=1S/C15H13NOS/c17-10-12-6-7-13-14(8-12)18-15(16-13)9-11-4-2-1-3-5-11/h1-8,17H,9-10H2. The van der Waals surface area contributed by atoms with Crippen LogP contribution in [-0.2, 0) is 13.0 Å². The zero-order valence-corrected chi connectivity index (χ0v) is 10.7. The molecule has 1 N–H and O–H groups in total. The smallest absolute Gasteiger partial charge is 0.0982 e. The van der Waals surface area contributed by atoms with Crippen LogP contribution in [0.1, 0.15) is 16.1 Å². The van der Waals surface area contributed by atoms with Crippen molar-refractivity contribution in [3.63, 3.8) is 0 Å². The van der Waals surface area contributed by atoms with Crippen molar-refractivity contribution in [2.75, 3.05) is 0 Å². The molecule has 0 atom stereocenters. The van der Waals surface area contributed by atoms with E-state index in [9.17, 15) is 0 Å². The van der Waals surface area contributed by atoms with E-state index in [4.69, 9.17) is 5.11 Å². The van der Waals surface area contributed by atoms with E-state index in [0.717, 1.165) is 27.2 Å². The van der Waals surface area contributed by atoms with Gasteiger partial charge in [-0.3, -0.25) is 0 Å². The largest absolute Gasteiger partial charge is 0.392 e. The third-order valence-electron chi connectivity index (χ3n) is 2.88. The molecule has 0 aliphatic heterocycles. The maximum Gasteiger partial charge on any atom is 0.0982 e. The summed E-state index contributed by atoms with van der Waals surface area (Å²) in [7, 11) is 0. The molecule has 18 heavy (non-hydrogen) atoms. The molecule has 3 heteroatoms. The first-order valence-electron chi connectivity index (χ1n) is 5.88. The maximum absolute atomic E-state index is 9.12. The Hall–Kier alpha value is -1.71. The molecule has 0 amide bonds. The molecule has 90 valence electrons. The molecule has 0 saturated heterocycles. The number of rotatable bonds is 3. The van der Waals surface area contributed by atoms with Gasteiger partial charge in [0.15, 0.2) is 0 Å². The summed E-state index contributed by atoms with van der Waals surface area (Å²) >= 11 is 1.70. The molecule has 1 heterocycles. The van der Waals surface area contributed by atoms with E-state index in [2.05, 4.69) is 17.1 Å². The molecule has 0 spiro atoms. The number of benzene rings is 2. The van der Waals surface area contributed by atoms with Gasteiger partial charge in [-0.2, -0.15) is 0 Å². The number of fused-ring (bicyclic) bond motifs is 1. The molecule has 3 rings (SSSR count). The molecule has 0 radical (unpaired) electrons. The summed E-state index contributed by atoms with van der Waals surface area (Å²) in [6, 6.07) is 16.3. The van der Waals surface area contributed by atoms with Gasteiger partial charge < -0.3 is 5.11 Å². The molecule has 0 saturated carbocycles. The molecule has 2 aromatic carbocycles. The topological polar surface area (TPSA) is 33.1 Å². The van der Waals surface area contributed by atoms with Crippen LogP contribution in [0.4, 0.5) is 0 Å². The third kappa shape index (κ3) is 2.28. The van der Waals surface area contributed by atoms with Gasteiger partial charge in [-0.1, -0.05) is 36.4 Å². The van der Waals surface area contributed by atoms with Crippen molar-refractivity contribution < 1.29 is 5.11 Å². The van der Waals surface area contributed by atoms with Crippen molar-refractivity contribution in [1.82, 2.24) is 4.98 Å². The fourth-order valence-electron chi connectivity index (χ4n) is 1.96. The Bertz CT molecular complexity index is 661. The van der Waals surface area contributed by atoms with Crippen LogP contribution in [0, 0.1) is 0 Å². The molecule has 0 aliphatic carbocycles. The van der Waals surface area contributed by atoms with Crippen LogP contribution in [-0.4, -0.2) is 10.1 Å². The average molecular weight is 255 g/mol. The highest BCUT2D eigenvalue weighted by Gasteiger charge is 2.05. The number of aliphatic hydroxyl groups is 1. The zero-order chi connectivity index (χ0) is 12.4. The van der Waals surface area contributed by atoms with Crippen molar-refractivity contribution >= 4 is 21.6 Å². The van der Waals surface area contributed by atoms with Crippen molar-refractivity contribution in [2.24, 2.45) is 0 Å². The lowest BCUT2D eigenvalue weighted by Gasteiger charge is -1.95. The summed E-state index contributed by atoms with van der Waals surface area (Å²) in [5.74, 6) is 0. The molecular weight excluding hydrogens is 242 g/mol. The predicted octanol–water partition coefficient (Wildman–Crippen LogP) is 3.38. The van der Waals surface area contributed by atoms with Gasteiger partial charge in [0.2, 0.25) is 0 Å². The van der Waals surface area contributed by atoms with Crippen molar-refractivity contribution in [3.8, 4) is 0 Å². The SMILES string of the molecule is OCc1ccc2nc(Cc3ccccc3)sc2c1. The quantitative estimate of drug-likeness (QED) is 0.778. The highest BCUT2D eigenvalue weighted by atomic mass is 32.1. The number of hydrogen-bond donors (Lipinski definition) is 1. The summed E-state index contributed by atoms with van der Waals surface area (Å²) < 4.78 is 1.15. The van der Waals surface area contributed by atoms with Gasteiger partial charge >= 0.3 is 0 Å². The minimum absolute atomic E-state index is 0.0852. The van der Waals surface area contributed by atoms with Crippen LogP contribution >= 0.6 is 11.3 Å². The molecule has 1 aromatic heterocycles.